The number of piperazine rings is 1. The van der Waals surface area contributed by atoms with Crippen LogP contribution in [-0.4, -0.2) is 60.7 Å². The zero-order valence-corrected chi connectivity index (χ0v) is 21.1. The second-order valence-corrected chi connectivity index (χ2v) is 9.34. The molecule has 7 nitrogen and oxygen atoms in total. The first-order valence-electron chi connectivity index (χ1n) is 12.0. The van der Waals surface area contributed by atoms with Crippen LogP contribution in [0.15, 0.2) is 18.2 Å². The third-order valence-corrected chi connectivity index (χ3v) is 6.06. The lowest BCUT2D eigenvalue weighted by Crippen LogP contribution is -2.52. The summed E-state index contributed by atoms with van der Waals surface area (Å²) in [5.74, 6) is 2.32. The second kappa shape index (κ2) is 11.5. The molecule has 3 rings (SSSR count). The van der Waals surface area contributed by atoms with Gasteiger partial charge >= 0.3 is 6.03 Å². The van der Waals surface area contributed by atoms with E-state index in [4.69, 9.17) is 14.7 Å². The molecular formula is C26H39N5O2. The molecule has 1 aromatic carbocycles. The Morgan fingerprint density at radius 1 is 1.15 bits per heavy atom. The van der Waals surface area contributed by atoms with Gasteiger partial charge in [-0.1, -0.05) is 37.6 Å². The van der Waals surface area contributed by atoms with Gasteiger partial charge < -0.3 is 19.9 Å². The number of nitrogens with zero attached hydrogens (tertiary/aromatic N) is 4. The Morgan fingerprint density at radius 3 is 2.52 bits per heavy atom. The van der Waals surface area contributed by atoms with Gasteiger partial charge in [-0.15, -0.1) is 0 Å². The summed E-state index contributed by atoms with van der Waals surface area (Å²) in [4.78, 5) is 26.5. The number of aromatic nitrogens is 2. The minimum Gasteiger partial charge on any atom is -0.378 e. The number of ether oxygens (including phenoxy) is 1. The summed E-state index contributed by atoms with van der Waals surface area (Å²) in [7, 11) is 1.72. The van der Waals surface area contributed by atoms with Gasteiger partial charge in [0.05, 0.1) is 12.3 Å². The third-order valence-electron chi connectivity index (χ3n) is 6.06. The van der Waals surface area contributed by atoms with Crippen LogP contribution < -0.4 is 10.2 Å². The summed E-state index contributed by atoms with van der Waals surface area (Å²) in [5, 5.41) is 2.91. The number of hydrogen-bond donors (Lipinski definition) is 1. The van der Waals surface area contributed by atoms with Crippen molar-refractivity contribution in [3.05, 3.63) is 52.0 Å². The number of aryl methyl sites for hydroxylation is 2. The van der Waals surface area contributed by atoms with E-state index in [1.165, 1.54) is 16.7 Å². The number of carbonyl (C=O) groups is 1. The molecule has 1 N–H and O–H groups in total. The lowest BCUT2D eigenvalue weighted by atomic mass is 9.97. The third kappa shape index (κ3) is 6.44. The zero-order chi connectivity index (χ0) is 24.0. The van der Waals surface area contributed by atoms with Crippen LogP contribution in [0, 0.1) is 19.8 Å². The summed E-state index contributed by atoms with van der Waals surface area (Å²) in [6, 6.07) is 6.60. The van der Waals surface area contributed by atoms with Crippen molar-refractivity contribution in [2.45, 2.75) is 54.1 Å². The Morgan fingerprint density at radius 2 is 1.88 bits per heavy atom. The molecule has 1 saturated heterocycles. The summed E-state index contributed by atoms with van der Waals surface area (Å²) in [6.45, 7) is 14.6. The van der Waals surface area contributed by atoms with Gasteiger partial charge in [0.2, 0.25) is 0 Å². The van der Waals surface area contributed by atoms with Crippen molar-refractivity contribution in [2.24, 2.45) is 5.92 Å². The van der Waals surface area contributed by atoms with E-state index in [0.717, 1.165) is 48.8 Å². The van der Waals surface area contributed by atoms with E-state index in [9.17, 15) is 4.79 Å². The van der Waals surface area contributed by atoms with Gasteiger partial charge in [-0.25, -0.2) is 14.8 Å². The molecule has 1 aromatic heterocycles. The fraction of sp³-hybridized carbons (Fsp3) is 0.577. The molecule has 0 unspecified atom stereocenters. The second-order valence-electron chi connectivity index (χ2n) is 9.34. The van der Waals surface area contributed by atoms with Gasteiger partial charge in [0, 0.05) is 58.2 Å². The topological polar surface area (TPSA) is 70.6 Å². The minimum absolute atomic E-state index is 0.0102. The number of rotatable bonds is 8. The van der Waals surface area contributed by atoms with E-state index in [-0.39, 0.29) is 6.03 Å². The van der Waals surface area contributed by atoms with Crippen molar-refractivity contribution in [1.29, 1.82) is 0 Å². The SMILES string of the molecule is CCNC(=O)N1CCN(c2nc(CC(C)C)nc(COC)c2Cc2cc(C)ccc2C)CC1. The molecular weight excluding hydrogens is 414 g/mol. The maximum absolute atomic E-state index is 12.3. The fourth-order valence-electron chi connectivity index (χ4n) is 4.29. The number of carbonyl (C=O) groups excluding carboxylic acids is 1. The maximum atomic E-state index is 12.3. The Bertz CT molecular complexity index is 952. The summed E-state index contributed by atoms with van der Waals surface area (Å²) < 4.78 is 5.57. The molecule has 0 spiro atoms. The Balaban J connectivity index is 1.99. The summed E-state index contributed by atoms with van der Waals surface area (Å²) >= 11 is 0. The van der Waals surface area contributed by atoms with Crippen molar-refractivity contribution >= 4 is 11.8 Å². The van der Waals surface area contributed by atoms with E-state index < -0.39 is 0 Å². The van der Waals surface area contributed by atoms with Gasteiger partial charge in [0.25, 0.3) is 0 Å². The van der Waals surface area contributed by atoms with Gasteiger partial charge in [-0.3, -0.25) is 0 Å². The van der Waals surface area contributed by atoms with E-state index in [1.54, 1.807) is 7.11 Å². The number of benzene rings is 1. The number of nitrogens with one attached hydrogen (secondary N) is 1. The molecule has 33 heavy (non-hydrogen) atoms. The first kappa shape index (κ1) is 25.0. The molecule has 2 amide bonds. The maximum Gasteiger partial charge on any atom is 0.317 e. The van der Waals surface area contributed by atoms with Crippen LogP contribution in [0.25, 0.3) is 0 Å². The van der Waals surface area contributed by atoms with Crippen molar-refractivity contribution in [3.8, 4) is 0 Å². The van der Waals surface area contributed by atoms with Crippen LogP contribution >= 0.6 is 0 Å². The first-order valence-corrected chi connectivity index (χ1v) is 12.0. The monoisotopic (exact) mass is 453 g/mol. The van der Waals surface area contributed by atoms with Gasteiger partial charge in [-0.2, -0.15) is 0 Å². The Labute approximate surface area is 198 Å². The standard InChI is InChI=1S/C26H39N5O2/c1-7-27-26(32)31-12-10-30(11-13-31)25-22(16-21-15-19(4)8-9-20(21)5)23(17-33-6)28-24(29-25)14-18(2)3/h8-9,15,18H,7,10-14,16-17H2,1-6H3,(H,27,32). The molecule has 0 bridgehead atoms. The quantitative estimate of drug-likeness (QED) is 0.657. The lowest BCUT2D eigenvalue weighted by molar-refractivity contribution is 0.180. The predicted octanol–water partition coefficient (Wildman–Crippen LogP) is 3.88. The zero-order valence-electron chi connectivity index (χ0n) is 21.1. The normalized spacial score (nSPS) is 14.2. The van der Waals surface area contributed by atoms with E-state index >= 15 is 0 Å². The van der Waals surface area contributed by atoms with E-state index in [2.05, 4.69) is 56.1 Å². The van der Waals surface area contributed by atoms with Crippen LogP contribution in [0.1, 0.15) is 54.5 Å². The molecule has 2 heterocycles. The van der Waals surface area contributed by atoms with Crippen LogP contribution in [0.2, 0.25) is 0 Å². The molecule has 180 valence electrons. The average Bonchev–Trinajstić information content (AvgIpc) is 2.77. The molecule has 7 heteroatoms. The van der Waals surface area contributed by atoms with Gasteiger partial charge in [0.15, 0.2) is 0 Å². The summed E-state index contributed by atoms with van der Waals surface area (Å²) in [6.07, 6.45) is 1.59. The first-order chi connectivity index (χ1) is 15.8. The number of anilines is 1. The smallest absolute Gasteiger partial charge is 0.317 e. The number of methoxy groups -OCH3 is 1. The van der Waals surface area contributed by atoms with Gasteiger partial charge in [0.1, 0.15) is 11.6 Å². The van der Waals surface area contributed by atoms with E-state index in [1.807, 2.05) is 11.8 Å². The average molecular weight is 454 g/mol. The molecule has 0 saturated carbocycles. The minimum atomic E-state index is 0.0102. The van der Waals surface area contributed by atoms with Crippen molar-refractivity contribution in [2.75, 3.05) is 44.7 Å². The van der Waals surface area contributed by atoms with Crippen LogP contribution in [0.3, 0.4) is 0 Å². The van der Waals surface area contributed by atoms with Gasteiger partial charge in [-0.05, 0) is 37.8 Å². The van der Waals surface area contributed by atoms with E-state index in [0.29, 0.717) is 32.2 Å². The molecule has 2 aromatic rings. The largest absolute Gasteiger partial charge is 0.378 e. The molecule has 0 radical (unpaired) electrons. The Hall–Kier alpha value is -2.67. The number of amides is 2. The van der Waals surface area contributed by atoms with Crippen LogP contribution in [-0.2, 0) is 24.2 Å². The Kier molecular flexibility index (Phi) is 8.67. The molecule has 1 aliphatic heterocycles. The molecule has 0 aliphatic carbocycles. The highest BCUT2D eigenvalue weighted by Crippen LogP contribution is 2.28. The highest BCUT2D eigenvalue weighted by molar-refractivity contribution is 5.74. The molecule has 1 aliphatic rings. The predicted molar refractivity (Wildman–Crippen MR) is 133 cm³/mol. The highest BCUT2D eigenvalue weighted by Gasteiger charge is 2.26. The van der Waals surface area contributed by atoms with Crippen molar-refractivity contribution in [3.63, 3.8) is 0 Å². The highest BCUT2D eigenvalue weighted by atomic mass is 16.5. The van der Waals surface area contributed by atoms with Crippen molar-refractivity contribution in [1.82, 2.24) is 20.2 Å². The van der Waals surface area contributed by atoms with Crippen molar-refractivity contribution < 1.29 is 9.53 Å². The fourth-order valence-corrected chi connectivity index (χ4v) is 4.29. The molecule has 1 fully saturated rings. The number of hydrogen-bond acceptors (Lipinski definition) is 5. The molecule has 0 atom stereocenters. The van der Waals surface area contributed by atoms with Crippen LogP contribution in [0.5, 0.6) is 0 Å². The van der Waals surface area contributed by atoms with Crippen LogP contribution in [0.4, 0.5) is 10.6 Å². The number of urea groups is 1. The lowest BCUT2D eigenvalue weighted by Gasteiger charge is -2.36. The summed E-state index contributed by atoms with van der Waals surface area (Å²) in [5.41, 5.74) is 5.89.